The van der Waals surface area contributed by atoms with Gasteiger partial charge in [0.1, 0.15) is 0 Å². The van der Waals surface area contributed by atoms with Gasteiger partial charge >= 0.3 is 6.03 Å². The molecule has 0 atom stereocenters. The van der Waals surface area contributed by atoms with E-state index in [4.69, 9.17) is 0 Å². The van der Waals surface area contributed by atoms with Crippen LogP contribution in [0.5, 0.6) is 0 Å². The van der Waals surface area contributed by atoms with Gasteiger partial charge in [-0.15, -0.1) is 0 Å². The van der Waals surface area contributed by atoms with Crippen LogP contribution in [0.3, 0.4) is 0 Å². The second-order valence-electron chi connectivity index (χ2n) is 5.81. The first-order valence-electron chi connectivity index (χ1n) is 8.15. The SMILES string of the molecule is CNCCN(C)C(=O)c1ccc(C)c(NC(=O)Nc2ccccc2)c1. The number of rotatable bonds is 6. The van der Waals surface area contributed by atoms with Gasteiger partial charge in [0.15, 0.2) is 0 Å². The Hall–Kier alpha value is -2.86. The van der Waals surface area contributed by atoms with E-state index in [1.807, 2.05) is 50.4 Å². The highest BCUT2D eigenvalue weighted by Crippen LogP contribution is 2.18. The summed E-state index contributed by atoms with van der Waals surface area (Å²) in [5.74, 6) is -0.0817. The number of hydrogen-bond donors (Lipinski definition) is 3. The molecule has 25 heavy (non-hydrogen) atoms. The largest absolute Gasteiger partial charge is 0.340 e. The Morgan fingerprint density at radius 2 is 1.76 bits per heavy atom. The molecule has 6 nitrogen and oxygen atoms in total. The summed E-state index contributed by atoms with van der Waals surface area (Å²) in [6, 6.07) is 14.2. The standard InChI is InChI=1S/C19H24N4O2/c1-14-9-10-15(18(24)23(3)12-11-20-2)13-17(14)22-19(25)21-16-7-5-4-6-8-16/h4-10,13,20H,11-12H2,1-3H3,(H2,21,22,25). The zero-order valence-corrected chi connectivity index (χ0v) is 14.8. The molecule has 0 saturated heterocycles. The molecule has 0 radical (unpaired) electrons. The Bertz CT molecular complexity index is 731. The zero-order chi connectivity index (χ0) is 18.2. The minimum absolute atomic E-state index is 0.0817. The molecular weight excluding hydrogens is 316 g/mol. The van der Waals surface area contributed by atoms with Crippen molar-refractivity contribution in [1.29, 1.82) is 0 Å². The molecule has 0 aliphatic rings. The number of benzene rings is 2. The molecule has 0 aliphatic heterocycles. The number of para-hydroxylation sites is 1. The van der Waals surface area contributed by atoms with E-state index in [2.05, 4.69) is 16.0 Å². The van der Waals surface area contributed by atoms with Crippen molar-refractivity contribution < 1.29 is 9.59 Å². The lowest BCUT2D eigenvalue weighted by Gasteiger charge is -2.18. The fourth-order valence-corrected chi connectivity index (χ4v) is 2.30. The molecule has 0 heterocycles. The van der Waals surface area contributed by atoms with Gasteiger partial charge in [-0.1, -0.05) is 24.3 Å². The molecule has 132 valence electrons. The molecule has 3 amide bonds. The first-order chi connectivity index (χ1) is 12.0. The van der Waals surface area contributed by atoms with Crippen LogP contribution in [0.4, 0.5) is 16.2 Å². The molecule has 6 heteroatoms. The van der Waals surface area contributed by atoms with E-state index in [9.17, 15) is 9.59 Å². The van der Waals surface area contributed by atoms with Crippen LogP contribution in [0.2, 0.25) is 0 Å². The van der Waals surface area contributed by atoms with Crippen molar-refractivity contribution in [3.63, 3.8) is 0 Å². The second-order valence-corrected chi connectivity index (χ2v) is 5.81. The van der Waals surface area contributed by atoms with Gasteiger partial charge in [-0.3, -0.25) is 4.79 Å². The summed E-state index contributed by atoms with van der Waals surface area (Å²) in [6.07, 6.45) is 0. The summed E-state index contributed by atoms with van der Waals surface area (Å²) in [6.45, 7) is 3.22. The van der Waals surface area contributed by atoms with Gasteiger partial charge in [0.2, 0.25) is 0 Å². The summed E-state index contributed by atoms with van der Waals surface area (Å²) in [4.78, 5) is 26.3. The van der Waals surface area contributed by atoms with E-state index in [0.29, 0.717) is 23.5 Å². The average Bonchev–Trinajstić information content (AvgIpc) is 2.61. The summed E-state index contributed by atoms with van der Waals surface area (Å²) < 4.78 is 0. The number of aryl methyl sites for hydroxylation is 1. The monoisotopic (exact) mass is 340 g/mol. The molecule has 3 N–H and O–H groups in total. The highest BCUT2D eigenvalue weighted by molar-refractivity contribution is 6.02. The highest BCUT2D eigenvalue weighted by atomic mass is 16.2. The summed E-state index contributed by atoms with van der Waals surface area (Å²) in [5, 5.41) is 8.58. The van der Waals surface area contributed by atoms with E-state index in [0.717, 1.165) is 12.1 Å². The summed E-state index contributed by atoms with van der Waals surface area (Å²) in [5.41, 5.74) is 2.75. The number of likely N-dealkylation sites (N-methyl/N-ethyl adjacent to an activating group) is 2. The number of nitrogens with zero attached hydrogens (tertiary/aromatic N) is 1. The number of carbonyl (C=O) groups is 2. The van der Waals surface area contributed by atoms with Crippen LogP contribution >= 0.6 is 0 Å². The minimum atomic E-state index is -0.345. The molecule has 0 fully saturated rings. The maximum absolute atomic E-state index is 12.5. The van der Waals surface area contributed by atoms with Crippen LogP contribution in [0.1, 0.15) is 15.9 Å². The Labute approximate surface area is 148 Å². The highest BCUT2D eigenvalue weighted by Gasteiger charge is 2.13. The van der Waals surface area contributed by atoms with E-state index < -0.39 is 0 Å². The lowest BCUT2D eigenvalue weighted by molar-refractivity contribution is 0.0797. The van der Waals surface area contributed by atoms with Crippen molar-refractivity contribution in [3.8, 4) is 0 Å². The third-order valence-electron chi connectivity index (χ3n) is 3.81. The average molecular weight is 340 g/mol. The molecule has 0 unspecified atom stereocenters. The third kappa shape index (κ3) is 5.32. The molecule has 2 aromatic rings. The first-order valence-corrected chi connectivity index (χ1v) is 8.15. The van der Waals surface area contributed by atoms with E-state index in [1.165, 1.54) is 0 Å². The quantitative estimate of drug-likeness (QED) is 0.757. The van der Waals surface area contributed by atoms with Crippen molar-refractivity contribution in [1.82, 2.24) is 10.2 Å². The number of anilines is 2. The van der Waals surface area contributed by atoms with Crippen molar-refractivity contribution >= 4 is 23.3 Å². The predicted octanol–water partition coefficient (Wildman–Crippen LogP) is 2.93. The maximum atomic E-state index is 12.5. The van der Waals surface area contributed by atoms with Crippen LogP contribution in [-0.4, -0.2) is 44.0 Å². The van der Waals surface area contributed by atoms with E-state index in [-0.39, 0.29) is 11.9 Å². The Balaban J connectivity index is 2.08. The number of carbonyl (C=O) groups excluding carboxylic acids is 2. The number of amides is 3. The smallest absolute Gasteiger partial charge is 0.323 e. The van der Waals surface area contributed by atoms with Crippen LogP contribution in [-0.2, 0) is 0 Å². The van der Waals surface area contributed by atoms with Crippen molar-refractivity contribution in [3.05, 3.63) is 59.7 Å². The van der Waals surface area contributed by atoms with Gasteiger partial charge in [0.25, 0.3) is 5.91 Å². The van der Waals surface area contributed by atoms with Crippen molar-refractivity contribution in [2.45, 2.75) is 6.92 Å². The Morgan fingerprint density at radius 1 is 1.04 bits per heavy atom. The predicted molar refractivity (Wildman–Crippen MR) is 101 cm³/mol. The first kappa shape index (κ1) is 18.5. The molecule has 2 aromatic carbocycles. The maximum Gasteiger partial charge on any atom is 0.323 e. The molecule has 0 aromatic heterocycles. The number of urea groups is 1. The lowest BCUT2D eigenvalue weighted by Crippen LogP contribution is -2.32. The number of nitrogens with one attached hydrogen (secondary N) is 3. The topological polar surface area (TPSA) is 73.5 Å². The van der Waals surface area contributed by atoms with Crippen molar-refractivity contribution in [2.75, 3.05) is 37.8 Å². The lowest BCUT2D eigenvalue weighted by atomic mass is 10.1. The van der Waals surface area contributed by atoms with Crippen LogP contribution in [0, 0.1) is 6.92 Å². The van der Waals surface area contributed by atoms with Gasteiger partial charge < -0.3 is 20.9 Å². The molecular formula is C19H24N4O2. The fourth-order valence-electron chi connectivity index (χ4n) is 2.30. The number of hydrogen-bond acceptors (Lipinski definition) is 3. The zero-order valence-electron chi connectivity index (χ0n) is 14.8. The van der Waals surface area contributed by atoms with Gasteiger partial charge in [0.05, 0.1) is 0 Å². The summed E-state index contributed by atoms with van der Waals surface area (Å²) in [7, 11) is 3.60. The Morgan fingerprint density at radius 3 is 2.44 bits per heavy atom. The van der Waals surface area contributed by atoms with Gasteiger partial charge in [0, 0.05) is 37.1 Å². The fraction of sp³-hybridized carbons (Fsp3) is 0.263. The van der Waals surface area contributed by atoms with E-state index in [1.54, 1.807) is 24.1 Å². The summed E-state index contributed by atoms with van der Waals surface area (Å²) >= 11 is 0. The van der Waals surface area contributed by atoms with Gasteiger partial charge in [-0.25, -0.2) is 4.79 Å². The molecule has 0 spiro atoms. The Kier molecular flexibility index (Phi) is 6.54. The van der Waals surface area contributed by atoms with Gasteiger partial charge in [-0.05, 0) is 43.8 Å². The molecule has 0 bridgehead atoms. The molecule has 0 aliphatic carbocycles. The van der Waals surface area contributed by atoms with Gasteiger partial charge in [-0.2, -0.15) is 0 Å². The second kappa shape index (κ2) is 8.84. The normalized spacial score (nSPS) is 10.2. The van der Waals surface area contributed by atoms with Crippen molar-refractivity contribution in [2.24, 2.45) is 0 Å². The van der Waals surface area contributed by atoms with Crippen LogP contribution < -0.4 is 16.0 Å². The van der Waals surface area contributed by atoms with E-state index >= 15 is 0 Å². The minimum Gasteiger partial charge on any atom is -0.340 e. The third-order valence-corrected chi connectivity index (χ3v) is 3.81. The van der Waals surface area contributed by atoms with Crippen LogP contribution in [0.15, 0.2) is 48.5 Å². The molecule has 0 saturated carbocycles. The molecule has 2 rings (SSSR count). The van der Waals surface area contributed by atoms with Crippen LogP contribution in [0.25, 0.3) is 0 Å².